The Balaban J connectivity index is 1.89. The summed E-state index contributed by atoms with van der Waals surface area (Å²) in [4.78, 5) is 26.5. The van der Waals surface area contributed by atoms with Crippen LogP contribution in [0.15, 0.2) is 15.0 Å². The van der Waals surface area contributed by atoms with Gasteiger partial charge in [-0.25, -0.2) is 9.78 Å². The highest BCUT2D eigenvalue weighted by molar-refractivity contribution is 7.98. The van der Waals surface area contributed by atoms with E-state index in [0.717, 1.165) is 5.69 Å². The summed E-state index contributed by atoms with van der Waals surface area (Å²) in [6, 6.07) is 0. The van der Waals surface area contributed by atoms with Crippen molar-refractivity contribution in [2.24, 2.45) is 0 Å². The second kappa shape index (κ2) is 7.18. The van der Waals surface area contributed by atoms with Gasteiger partial charge in [0.1, 0.15) is 0 Å². The quantitative estimate of drug-likeness (QED) is 0.633. The van der Waals surface area contributed by atoms with Crippen molar-refractivity contribution in [3.05, 3.63) is 17.0 Å². The summed E-state index contributed by atoms with van der Waals surface area (Å²) in [5.74, 6) is -0.491. The summed E-state index contributed by atoms with van der Waals surface area (Å²) < 4.78 is 9.91. The van der Waals surface area contributed by atoms with E-state index in [-0.39, 0.29) is 23.6 Å². The Kier molecular flexibility index (Phi) is 5.28. The van der Waals surface area contributed by atoms with Crippen molar-refractivity contribution in [3.8, 4) is 0 Å². The Morgan fingerprint density at radius 2 is 2.29 bits per heavy atom. The summed E-state index contributed by atoms with van der Waals surface area (Å²) in [6.45, 7) is 3.36. The first-order valence-electron chi connectivity index (χ1n) is 5.94. The van der Waals surface area contributed by atoms with Crippen LogP contribution in [0.3, 0.4) is 0 Å². The van der Waals surface area contributed by atoms with Gasteiger partial charge < -0.3 is 14.5 Å². The van der Waals surface area contributed by atoms with Gasteiger partial charge >= 0.3 is 11.9 Å². The number of thiazole rings is 1. The van der Waals surface area contributed by atoms with Gasteiger partial charge in [-0.3, -0.25) is 4.79 Å². The van der Waals surface area contributed by atoms with E-state index in [2.05, 4.69) is 20.5 Å². The van der Waals surface area contributed by atoms with Gasteiger partial charge in [-0.15, -0.1) is 16.4 Å². The molecular weight excluding hydrogens is 316 g/mol. The number of hydrogen-bond donors (Lipinski definition) is 1. The van der Waals surface area contributed by atoms with Crippen LogP contribution in [0.25, 0.3) is 0 Å². The number of thioether (sulfide) groups is 1. The van der Waals surface area contributed by atoms with Crippen molar-refractivity contribution in [2.45, 2.75) is 24.8 Å². The number of esters is 1. The molecule has 2 heterocycles. The molecule has 2 aromatic rings. The number of nitrogens with one attached hydrogen (secondary N) is 1. The number of rotatable bonds is 6. The predicted molar refractivity (Wildman–Crippen MR) is 76.2 cm³/mol. The SMILES string of the molecule is CCOC(=O)c1nnc(SCc2csc(NC(C)=O)n2)o1. The number of carbonyl (C=O) groups excluding carboxylic acids is 2. The summed E-state index contributed by atoms with van der Waals surface area (Å²) in [7, 11) is 0. The molecule has 1 amide bonds. The molecule has 112 valence electrons. The van der Waals surface area contributed by atoms with Crippen LogP contribution >= 0.6 is 23.1 Å². The maximum atomic E-state index is 11.4. The van der Waals surface area contributed by atoms with Crippen molar-refractivity contribution >= 4 is 40.1 Å². The van der Waals surface area contributed by atoms with Gasteiger partial charge in [-0.1, -0.05) is 16.9 Å². The second-order valence-electron chi connectivity index (χ2n) is 3.71. The molecule has 21 heavy (non-hydrogen) atoms. The number of carbonyl (C=O) groups is 2. The van der Waals surface area contributed by atoms with Crippen LogP contribution in [0.2, 0.25) is 0 Å². The first-order valence-corrected chi connectivity index (χ1v) is 7.80. The molecule has 0 saturated carbocycles. The van der Waals surface area contributed by atoms with E-state index in [4.69, 9.17) is 9.15 Å². The molecule has 0 bridgehead atoms. The number of ether oxygens (including phenoxy) is 1. The lowest BCUT2D eigenvalue weighted by Crippen LogP contribution is -2.05. The molecule has 1 N–H and O–H groups in total. The molecule has 0 aliphatic rings. The Morgan fingerprint density at radius 3 is 3.00 bits per heavy atom. The average Bonchev–Trinajstić information content (AvgIpc) is 3.05. The molecular formula is C11H12N4O4S2. The van der Waals surface area contributed by atoms with Gasteiger partial charge in [0.05, 0.1) is 12.3 Å². The third kappa shape index (κ3) is 4.53. The molecule has 0 saturated heterocycles. The maximum Gasteiger partial charge on any atom is 0.396 e. The fourth-order valence-corrected chi connectivity index (χ4v) is 2.78. The lowest BCUT2D eigenvalue weighted by atomic mass is 10.6. The van der Waals surface area contributed by atoms with Crippen LogP contribution in [-0.2, 0) is 15.3 Å². The minimum absolute atomic E-state index is 0.167. The van der Waals surface area contributed by atoms with Gasteiger partial charge in [0.25, 0.3) is 5.22 Å². The third-order valence-corrected chi connectivity index (χ3v) is 3.69. The van der Waals surface area contributed by atoms with Gasteiger partial charge in [-0.2, -0.15) is 0 Å². The zero-order valence-electron chi connectivity index (χ0n) is 11.3. The van der Waals surface area contributed by atoms with Crippen LogP contribution < -0.4 is 5.32 Å². The van der Waals surface area contributed by atoms with Gasteiger partial charge in [-0.05, 0) is 6.92 Å². The first kappa shape index (κ1) is 15.4. The molecule has 0 aliphatic carbocycles. The maximum absolute atomic E-state index is 11.4. The predicted octanol–water partition coefficient (Wildman–Crippen LogP) is 1.95. The highest BCUT2D eigenvalue weighted by atomic mass is 32.2. The molecule has 0 atom stereocenters. The zero-order valence-corrected chi connectivity index (χ0v) is 12.9. The van der Waals surface area contributed by atoms with Crippen molar-refractivity contribution < 1.29 is 18.7 Å². The summed E-state index contributed by atoms with van der Waals surface area (Å²) in [5.41, 5.74) is 0.768. The van der Waals surface area contributed by atoms with E-state index < -0.39 is 5.97 Å². The van der Waals surface area contributed by atoms with Crippen LogP contribution in [0.4, 0.5) is 5.13 Å². The molecule has 0 spiro atoms. The second-order valence-corrected chi connectivity index (χ2v) is 5.49. The molecule has 2 rings (SSSR count). The van der Waals surface area contributed by atoms with Crippen LogP contribution in [-0.4, -0.2) is 33.7 Å². The van der Waals surface area contributed by atoms with Gasteiger partial charge in [0, 0.05) is 18.1 Å². The molecule has 0 aromatic carbocycles. The summed E-state index contributed by atoms with van der Waals surface area (Å²) >= 11 is 2.58. The number of amides is 1. The molecule has 0 radical (unpaired) electrons. The molecule has 0 aliphatic heterocycles. The highest BCUT2D eigenvalue weighted by Crippen LogP contribution is 2.24. The lowest BCUT2D eigenvalue weighted by Gasteiger charge is -1.95. The lowest BCUT2D eigenvalue weighted by molar-refractivity contribution is -0.114. The van der Waals surface area contributed by atoms with Crippen LogP contribution in [0, 0.1) is 0 Å². The van der Waals surface area contributed by atoms with E-state index in [1.807, 2.05) is 5.38 Å². The molecule has 0 fully saturated rings. The molecule has 2 aromatic heterocycles. The molecule has 8 nitrogen and oxygen atoms in total. The normalized spacial score (nSPS) is 10.4. The third-order valence-electron chi connectivity index (χ3n) is 2.03. The van der Waals surface area contributed by atoms with Crippen LogP contribution in [0.1, 0.15) is 30.2 Å². The van der Waals surface area contributed by atoms with Crippen molar-refractivity contribution in [3.63, 3.8) is 0 Å². The van der Waals surface area contributed by atoms with Crippen LogP contribution in [0.5, 0.6) is 0 Å². The standard InChI is InChI=1S/C11H12N4O4S2/c1-3-18-9(17)8-14-15-11(19-8)21-5-7-4-20-10(13-7)12-6(2)16/h4H,3,5H2,1-2H3,(H,12,13,16). The minimum atomic E-state index is -0.640. The van der Waals surface area contributed by atoms with E-state index >= 15 is 0 Å². The monoisotopic (exact) mass is 328 g/mol. The minimum Gasteiger partial charge on any atom is -0.459 e. The Bertz CT molecular complexity index is 640. The van der Waals surface area contributed by atoms with Crippen molar-refractivity contribution in [2.75, 3.05) is 11.9 Å². The topological polar surface area (TPSA) is 107 Å². The number of hydrogen-bond acceptors (Lipinski definition) is 9. The van der Waals surface area contributed by atoms with E-state index in [1.54, 1.807) is 6.92 Å². The summed E-state index contributed by atoms with van der Waals surface area (Å²) in [5, 5.41) is 12.6. The zero-order chi connectivity index (χ0) is 15.2. The van der Waals surface area contributed by atoms with E-state index in [1.165, 1.54) is 30.0 Å². The van der Waals surface area contributed by atoms with Crippen molar-refractivity contribution in [1.29, 1.82) is 0 Å². The number of anilines is 1. The highest BCUT2D eigenvalue weighted by Gasteiger charge is 2.16. The van der Waals surface area contributed by atoms with Gasteiger partial charge in [0.2, 0.25) is 5.91 Å². The van der Waals surface area contributed by atoms with Gasteiger partial charge in [0.15, 0.2) is 5.13 Å². The number of nitrogens with zero attached hydrogens (tertiary/aromatic N) is 3. The molecule has 10 heteroatoms. The number of aromatic nitrogens is 3. The van der Waals surface area contributed by atoms with E-state index in [9.17, 15) is 9.59 Å². The largest absolute Gasteiger partial charge is 0.459 e. The summed E-state index contributed by atoms with van der Waals surface area (Å²) in [6.07, 6.45) is 0. The Hall–Kier alpha value is -1.94. The fourth-order valence-electron chi connectivity index (χ4n) is 1.26. The first-order chi connectivity index (χ1) is 10.1. The smallest absolute Gasteiger partial charge is 0.396 e. The Labute approximate surface area is 128 Å². The van der Waals surface area contributed by atoms with E-state index in [0.29, 0.717) is 10.9 Å². The fraction of sp³-hybridized carbons (Fsp3) is 0.364. The molecule has 0 unspecified atom stereocenters. The average molecular weight is 328 g/mol. The van der Waals surface area contributed by atoms with Crippen molar-refractivity contribution in [1.82, 2.24) is 15.2 Å². The Morgan fingerprint density at radius 1 is 1.48 bits per heavy atom.